The minimum absolute atomic E-state index is 0.0203. The molecule has 1 rings (SSSR count). The summed E-state index contributed by atoms with van der Waals surface area (Å²) in [5, 5.41) is 14.6. The topological polar surface area (TPSA) is 48.7 Å². The fourth-order valence-electron chi connectivity index (χ4n) is 0.730. The molecule has 0 radical (unpaired) electrons. The van der Waals surface area contributed by atoms with Crippen molar-refractivity contribution in [3.05, 3.63) is 6.20 Å². The first-order valence-electron chi connectivity index (χ1n) is 3.81. The van der Waals surface area contributed by atoms with E-state index in [0.29, 0.717) is 0 Å². The average Bonchev–Trinajstić information content (AvgIpc) is 2.33. The fourth-order valence-corrected chi connectivity index (χ4v) is 2.20. The SMILES string of the molecule is CC(C)(C)Nc1ncc(SC#N)s1. The Kier molecular flexibility index (Phi) is 3.17. The molecule has 1 heterocycles. The minimum atomic E-state index is 0.0203. The van der Waals surface area contributed by atoms with Crippen LogP contribution in [0, 0.1) is 10.7 Å². The van der Waals surface area contributed by atoms with Gasteiger partial charge in [-0.2, -0.15) is 5.26 Å². The van der Waals surface area contributed by atoms with Gasteiger partial charge in [0.2, 0.25) is 0 Å². The number of thioether (sulfide) groups is 1. The second-order valence-corrected chi connectivity index (χ2v) is 5.67. The Hall–Kier alpha value is -0.730. The molecule has 0 aromatic carbocycles. The normalized spacial score (nSPS) is 10.9. The lowest BCUT2D eigenvalue weighted by atomic mass is 10.1. The Bertz CT molecular complexity index is 319. The Morgan fingerprint density at radius 3 is 2.85 bits per heavy atom. The van der Waals surface area contributed by atoms with Gasteiger partial charge in [-0.1, -0.05) is 11.3 Å². The van der Waals surface area contributed by atoms with Crippen LogP contribution < -0.4 is 5.32 Å². The molecule has 1 aromatic rings. The van der Waals surface area contributed by atoms with Crippen molar-refractivity contribution in [2.45, 2.75) is 30.5 Å². The quantitative estimate of drug-likeness (QED) is 0.606. The number of nitriles is 1. The molecule has 1 N–H and O–H groups in total. The van der Waals surface area contributed by atoms with E-state index in [0.717, 1.165) is 21.1 Å². The highest BCUT2D eigenvalue weighted by molar-refractivity contribution is 8.05. The second kappa shape index (κ2) is 3.99. The van der Waals surface area contributed by atoms with Crippen LogP contribution >= 0.6 is 23.1 Å². The van der Waals surface area contributed by atoms with Crippen molar-refractivity contribution >= 4 is 28.2 Å². The maximum Gasteiger partial charge on any atom is 0.184 e. The average molecular weight is 213 g/mol. The summed E-state index contributed by atoms with van der Waals surface area (Å²) in [5.41, 5.74) is 0.0203. The minimum Gasteiger partial charge on any atom is -0.357 e. The number of nitrogens with one attached hydrogen (secondary N) is 1. The number of thiazole rings is 1. The third-order valence-electron chi connectivity index (χ3n) is 1.11. The van der Waals surface area contributed by atoms with Crippen molar-refractivity contribution in [2.24, 2.45) is 0 Å². The Morgan fingerprint density at radius 1 is 1.62 bits per heavy atom. The Labute approximate surface area is 86.2 Å². The molecule has 5 heteroatoms. The highest BCUT2D eigenvalue weighted by atomic mass is 32.2. The molecule has 0 amide bonds. The monoisotopic (exact) mass is 213 g/mol. The molecule has 0 atom stereocenters. The van der Waals surface area contributed by atoms with Gasteiger partial charge in [0.15, 0.2) is 5.13 Å². The summed E-state index contributed by atoms with van der Waals surface area (Å²) < 4.78 is 0.925. The maximum atomic E-state index is 8.43. The van der Waals surface area contributed by atoms with Gasteiger partial charge in [-0.3, -0.25) is 0 Å². The molecular formula is C8H11N3S2. The van der Waals surface area contributed by atoms with Gasteiger partial charge in [0, 0.05) is 17.3 Å². The van der Waals surface area contributed by atoms with Gasteiger partial charge in [0.1, 0.15) is 5.40 Å². The van der Waals surface area contributed by atoms with Crippen molar-refractivity contribution in [1.29, 1.82) is 5.26 Å². The third-order valence-corrected chi connectivity index (χ3v) is 2.72. The number of aromatic nitrogens is 1. The largest absolute Gasteiger partial charge is 0.357 e. The van der Waals surface area contributed by atoms with E-state index >= 15 is 0 Å². The predicted molar refractivity (Wildman–Crippen MR) is 57.0 cm³/mol. The van der Waals surface area contributed by atoms with Crippen molar-refractivity contribution in [3.8, 4) is 5.40 Å². The van der Waals surface area contributed by atoms with Crippen LogP contribution in [0.1, 0.15) is 20.8 Å². The van der Waals surface area contributed by atoms with Crippen LogP contribution in [0.3, 0.4) is 0 Å². The van der Waals surface area contributed by atoms with Crippen molar-refractivity contribution in [3.63, 3.8) is 0 Å². The van der Waals surface area contributed by atoms with E-state index in [1.807, 2.05) is 5.40 Å². The zero-order valence-corrected chi connectivity index (χ0v) is 9.42. The van der Waals surface area contributed by atoms with Crippen LogP contribution in [0.4, 0.5) is 5.13 Å². The predicted octanol–water partition coefficient (Wildman–Crippen LogP) is 2.93. The standard InChI is InChI=1S/C8H11N3S2/c1-8(2,3)11-7-10-4-6(13-7)12-5-9/h4H,1-3H3,(H,10,11). The van der Waals surface area contributed by atoms with Crippen LogP contribution in [-0.2, 0) is 0 Å². The van der Waals surface area contributed by atoms with Crippen molar-refractivity contribution in [1.82, 2.24) is 4.98 Å². The Balaban J connectivity index is 2.65. The first kappa shape index (κ1) is 10.4. The smallest absolute Gasteiger partial charge is 0.184 e. The van der Waals surface area contributed by atoms with E-state index in [2.05, 4.69) is 31.1 Å². The molecule has 0 aliphatic rings. The number of nitrogens with zero attached hydrogens (tertiary/aromatic N) is 2. The van der Waals surface area contributed by atoms with Gasteiger partial charge in [0.05, 0.1) is 10.4 Å². The number of anilines is 1. The maximum absolute atomic E-state index is 8.43. The van der Waals surface area contributed by atoms with E-state index < -0.39 is 0 Å². The Morgan fingerprint density at radius 2 is 2.31 bits per heavy atom. The van der Waals surface area contributed by atoms with Gasteiger partial charge in [-0.05, 0) is 20.8 Å². The first-order valence-corrected chi connectivity index (χ1v) is 5.44. The van der Waals surface area contributed by atoms with Gasteiger partial charge in [-0.15, -0.1) is 0 Å². The lowest BCUT2D eigenvalue weighted by molar-refractivity contribution is 0.633. The fraction of sp³-hybridized carbons (Fsp3) is 0.500. The lowest BCUT2D eigenvalue weighted by Crippen LogP contribution is -2.25. The zero-order valence-electron chi connectivity index (χ0n) is 7.79. The first-order chi connectivity index (χ1) is 6.01. The molecule has 3 nitrogen and oxygen atoms in total. The van der Waals surface area contributed by atoms with Crippen molar-refractivity contribution < 1.29 is 0 Å². The molecule has 0 saturated heterocycles. The zero-order chi connectivity index (χ0) is 9.90. The summed E-state index contributed by atoms with van der Waals surface area (Å²) in [4.78, 5) is 4.16. The van der Waals surface area contributed by atoms with Crippen LogP contribution in [0.2, 0.25) is 0 Å². The van der Waals surface area contributed by atoms with Gasteiger partial charge >= 0.3 is 0 Å². The van der Waals surface area contributed by atoms with E-state index in [4.69, 9.17) is 5.26 Å². The number of hydrogen-bond acceptors (Lipinski definition) is 5. The van der Waals surface area contributed by atoms with Gasteiger partial charge in [0.25, 0.3) is 0 Å². The summed E-state index contributed by atoms with van der Waals surface area (Å²) in [6, 6.07) is 0. The molecule has 0 aliphatic carbocycles. The molecule has 0 saturated carbocycles. The highest BCUT2D eigenvalue weighted by Crippen LogP contribution is 2.28. The second-order valence-electron chi connectivity index (χ2n) is 3.55. The third kappa shape index (κ3) is 3.66. The van der Waals surface area contributed by atoms with E-state index in [1.54, 1.807) is 6.20 Å². The highest BCUT2D eigenvalue weighted by Gasteiger charge is 2.11. The summed E-state index contributed by atoms with van der Waals surface area (Å²) >= 11 is 2.65. The van der Waals surface area contributed by atoms with Crippen LogP contribution in [-0.4, -0.2) is 10.5 Å². The molecule has 0 unspecified atom stereocenters. The lowest BCUT2D eigenvalue weighted by Gasteiger charge is -2.19. The number of thiocyanates is 1. The molecule has 0 spiro atoms. The molecular weight excluding hydrogens is 202 g/mol. The van der Waals surface area contributed by atoms with Crippen LogP contribution in [0.5, 0.6) is 0 Å². The molecule has 0 aliphatic heterocycles. The van der Waals surface area contributed by atoms with Gasteiger partial charge < -0.3 is 5.32 Å². The number of rotatable bonds is 2. The van der Waals surface area contributed by atoms with Crippen LogP contribution in [0.25, 0.3) is 0 Å². The summed E-state index contributed by atoms with van der Waals surface area (Å²) in [5.74, 6) is 0. The van der Waals surface area contributed by atoms with Gasteiger partial charge in [-0.25, -0.2) is 4.98 Å². The summed E-state index contributed by atoms with van der Waals surface area (Å²) in [7, 11) is 0. The van der Waals surface area contributed by atoms with E-state index in [-0.39, 0.29) is 5.54 Å². The number of hydrogen-bond donors (Lipinski definition) is 1. The molecule has 0 fully saturated rings. The van der Waals surface area contributed by atoms with Crippen LogP contribution in [0.15, 0.2) is 10.4 Å². The molecule has 0 bridgehead atoms. The summed E-state index contributed by atoms with van der Waals surface area (Å²) in [6.45, 7) is 6.22. The van der Waals surface area contributed by atoms with Crippen molar-refractivity contribution in [2.75, 3.05) is 5.32 Å². The molecule has 70 valence electrons. The summed E-state index contributed by atoms with van der Waals surface area (Å²) in [6.07, 6.45) is 1.71. The van der Waals surface area contributed by atoms with E-state index in [9.17, 15) is 0 Å². The molecule has 1 aromatic heterocycles. The van der Waals surface area contributed by atoms with E-state index in [1.165, 1.54) is 11.3 Å². The molecule has 13 heavy (non-hydrogen) atoms.